The fourth-order valence-corrected chi connectivity index (χ4v) is 5.16. The number of urea groups is 1. The van der Waals surface area contributed by atoms with Gasteiger partial charge in [0.25, 0.3) is 0 Å². The molecule has 0 aromatic heterocycles. The Hall–Kier alpha value is -1.76. The van der Waals surface area contributed by atoms with E-state index in [1.54, 1.807) is 4.90 Å². The maximum Gasteiger partial charge on any atom is 0.317 e. The molecular weight excluding hydrogens is 326 g/mol. The zero-order valence-corrected chi connectivity index (χ0v) is 15.1. The molecule has 1 unspecified atom stereocenters. The van der Waals surface area contributed by atoms with Crippen LogP contribution < -0.4 is 10.2 Å². The molecule has 0 bridgehead atoms. The molecule has 1 aromatic carbocycles. The molecule has 2 amide bonds. The third-order valence-corrected chi connectivity index (χ3v) is 6.59. The maximum atomic E-state index is 12.3. The number of nitrogens with zero attached hydrogens (tertiary/aromatic N) is 2. The van der Waals surface area contributed by atoms with Crippen LogP contribution in [0.25, 0.3) is 0 Å². The summed E-state index contributed by atoms with van der Waals surface area (Å²) in [5, 5.41) is 2.87. The van der Waals surface area contributed by atoms with E-state index in [0.29, 0.717) is 19.5 Å². The van der Waals surface area contributed by atoms with Gasteiger partial charge in [0.15, 0.2) is 9.84 Å². The molecule has 24 heavy (non-hydrogen) atoms. The van der Waals surface area contributed by atoms with Gasteiger partial charge in [0.2, 0.25) is 0 Å². The lowest BCUT2D eigenvalue weighted by molar-refractivity contribution is 0.191. The number of hydrogen-bond acceptors (Lipinski definition) is 4. The van der Waals surface area contributed by atoms with Crippen molar-refractivity contribution in [2.24, 2.45) is 0 Å². The van der Waals surface area contributed by atoms with Crippen LogP contribution in [0.15, 0.2) is 18.2 Å². The second-order valence-corrected chi connectivity index (χ2v) is 9.04. The molecule has 1 aromatic rings. The molecule has 2 saturated heterocycles. The highest BCUT2D eigenvalue weighted by Crippen LogP contribution is 2.22. The largest absolute Gasteiger partial charge is 0.368 e. The molecular formula is C17H25N3O3S. The molecule has 0 radical (unpaired) electrons. The molecule has 6 nitrogen and oxygen atoms in total. The smallest absolute Gasteiger partial charge is 0.317 e. The third kappa shape index (κ3) is 3.83. The molecule has 1 atom stereocenters. The molecule has 132 valence electrons. The van der Waals surface area contributed by atoms with E-state index in [9.17, 15) is 13.2 Å². The van der Waals surface area contributed by atoms with Gasteiger partial charge in [0.1, 0.15) is 0 Å². The lowest BCUT2D eigenvalue weighted by Crippen LogP contribution is -2.53. The number of amides is 2. The van der Waals surface area contributed by atoms with Crippen LogP contribution in [-0.2, 0) is 9.84 Å². The van der Waals surface area contributed by atoms with Gasteiger partial charge in [0.05, 0.1) is 11.5 Å². The van der Waals surface area contributed by atoms with Crippen LogP contribution in [0.3, 0.4) is 0 Å². The zero-order chi connectivity index (χ0) is 17.3. The highest BCUT2D eigenvalue weighted by Gasteiger charge is 2.31. The molecule has 0 aliphatic carbocycles. The maximum absolute atomic E-state index is 12.3. The van der Waals surface area contributed by atoms with Crippen molar-refractivity contribution in [1.29, 1.82) is 0 Å². The Balaban J connectivity index is 1.54. The standard InChI is InChI=1S/C17H25N3O3S/c1-13-3-4-16(14(2)11-13)19-6-8-20(9-7-19)17(21)18-15-5-10-24(22,23)12-15/h3-4,11,15H,5-10,12H2,1-2H3,(H,18,21). The van der Waals surface area contributed by atoms with Crippen LogP contribution in [0.1, 0.15) is 17.5 Å². The number of sulfone groups is 1. The van der Waals surface area contributed by atoms with Crippen molar-refractivity contribution < 1.29 is 13.2 Å². The minimum Gasteiger partial charge on any atom is -0.368 e. The third-order valence-electron chi connectivity index (χ3n) is 4.82. The SMILES string of the molecule is Cc1ccc(N2CCN(C(=O)NC3CCS(=O)(=O)C3)CC2)c(C)c1. The van der Waals surface area contributed by atoms with E-state index in [1.807, 2.05) is 0 Å². The molecule has 2 aliphatic rings. The number of hydrogen-bond donors (Lipinski definition) is 1. The molecule has 0 spiro atoms. The van der Waals surface area contributed by atoms with E-state index in [4.69, 9.17) is 0 Å². The van der Waals surface area contributed by atoms with Crippen molar-refractivity contribution in [2.75, 3.05) is 42.6 Å². The first-order valence-corrected chi connectivity index (χ1v) is 10.2. The minimum atomic E-state index is -2.97. The van der Waals surface area contributed by atoms with E-state index < -0.39 is 9.84 Å². The summed E-state index contributed by atoms with van der Waals surface area (Å²) >= 11 is 0. The summed E-state index contributed by atoms with van der Waals surface area (Å²) in [4.78, 5) is 16.4. The molecule has 1 N–H and O–H groups in total. The monoisotopic (exact) mass is 351 g/mol. The lowest BCUT2D eigenvalue weighted by atomic mass is 10.1. The van der Waals surface area contributed by atoms with Gasteiger partial charge in [0, 0.05) is 37.9 Å². The van der Waals surface area contributed by atoms with E-state index in [-0.39, 0.29) is 23.6 Å². The summed E-state index contributed by atoms with van der Waals surface area (Å²) in [7, 11) is -2.97. The van der Waals surface area contributed by atoms with E-state index in [0.717, 1.165) is 13.1 Å². The van der Waals surface area contributed by atoms with Gasteiger partial charge in [-0.2, -0.15) is 0 Å². The summed E-state index contributed by atoms with van der Waals surface area (Å²) in [5.41, 5.74) is 3.73. The van der Waals surface area contributed by atoms with Crippen molar-refractivity contribution in [1.82, 2.24) is 10.2 Å². The number of nitrogens with one attached hydrogen (secondary N) is 1. The first kappa shape index (κ1) is 17.1. The van der Waals surface area contributed by atoms with Crippen LogP contribution in [-0.4, -0.2) is 63.1 Å². The van der Waals surface area contributed by atoms with Gasteiger partial charge in [-0.25, -0.2) is 13.2 Å². The normalized spacial score (nSPS) is 23.3. The summed E-state index contributed by atoms with van der Waals surface area (Å²) in [6, 6.07) is 6.05. The van der Waals surface area contributed by atoms with Gasteiger partial charge >= 0.3 is 6.03 Å². The predicted molar refractivity (Wildman–Crippen MR) is 95.3 cm³/mol. The first-order valence-electron chi connectivity index (χ1n) is 8.42. The number of anilines is 1. The Labute approximate surface area is 143 Å². The Morgan fingerprint density at radius 3 is 2.46 bits per heavy atom. The van der Waals surface area contributed by atoms with Crippen LogP contribution in [0, 0.1) is 13.8 Å². The molecule has 2 heterocycles. The average molecular weight is 351 g/mol. The fraction of sp³-hybridized carbons (Fsp3) is 0.588. The molecule has 0 saturated carbocycles. The van der Waals surface area contributed by atoms with E-state index in [2.05, 4.69) is 42.3 Å². The molecule has 2 aliphatic heterocycles. The topological polar surface area (TPSA) is 69.7 Å². The highest BCUT2D eigenvalue weighted by atomic mass is 32.2. The lowest BCUT2D eigenvalue weighted by Gasteiger charge is -2.37. The van der Waals surface area contributed by atoms with Gasteiger partial charge < -0.3 is 15.1 Å². The summed E-state index contributed by atoms with van der Waals surface area (Å²) in [6.07, 6.45) is 0.524. The summed E-state index contributed by atoms with van der Waals surface area (Å²) in [6.45, 7) is 7.09. The fourth-order valence-electron chi connectivity index (χ4n) is 3.49. The molecule has 2 fully saturated rings. The highest BCUT2D eigenvalue weighted by molar-refractivity contribution is 7.91. The molecule has 3 rings (SSSR count). The first-order chi connectivity index (χ1) is 11.3. The number of carbonyl (C=O) groups excluding carboxylic acids is 1. The average Bonchev–Trinajstić information content (AvgIpc) is 2.86. The van der Waals surface area contributed by atoms with Crippen LogP contribution in [0.4, 0.5) is 10.5 Å². The quantitative estimate of drug-likeness (QED) is 0.872. The zero-order valence-electron chi connectivity index (χ0n) is 14.3. The van der Waals surface area contributed by atoms with Crippen LogP contribution in [0.5, 0.6) is 0 Å². The Morgan fingerprint density at radius 2 is 1.88 bits per heavy atom. The number of benzene rings is 1. The van der Waals surface area contributed by atoms with Gasteiger partial charge in [-0.05, 0) is 31.9 Å². The van der Waals surface area contributed by atoms with Gasteiger partial charge in [-0.15, -0.1) is 0 Å². The van der Waals surface area contributed by atoms with Gasteiger partial charge in [-0.3, -0.25) is 0 Å². The van der Waals surface area contributed by atoms with Crippen molar-refractivity contribution >= 4 is 21.6 Å². The van der Waals surface area contributed by atoms with E-state index in [1.165, 1.54) is 16.8 Å². The van der Waals surface area contributed by atoms with Crippen molar-refractivity contribution in [2.45, 2.75) is 26.3 Å². The number of carbonyl (C=O) groups is 1. The number of rotatable bonds is 2. The Morgan fingerprint density at radius 1 is 1.17 bits per heavy atom. The van der Waals surface area contributed by atoms with Crippen molar-refractivity contribution in [3.63, 3.8) is 0 Å². The summed E-state index contributed by atoms with van der Waals surface area (Å²) < 4.78 is 23.0. The summed E-state index contributed by atoms with van der Waals surface area (Å²) in [5.74, 6) is 0.250. The number of piperazine rings is 1. The minimum absolute atomic E-state index is 0.0707. The Bertz CT molecular complexity index is 725. The van der Waals surface area contributed by atoms with Gasteiger partial charge in [-0.1, -0.05) is 17.7 Å². The van der Waals surface area contributed by atoms with Crippen molar-refractivity contribution in [3.05, 3.63) is 29.3 Å². The second-order valence-electron chi connectivity index (χ2n) is 6.81. The Kier molecular flexibility index (Phi) is 4.71. The van der Waals surface area contributed by atoms with Crippen LogP contribution >= 0.6 is 0 Å². The van der Waals surface area contributed by atoms with E-state index >= 15 is 0 Å². The van der Waals surface area contributed by atoms with Crippen LogP contribution in [0.2, 0.25) is 0 Å². The molecule has 7 heteroatoms. The number of aryl methyl sites for hydroxylation is 2. The van der Waals surface area contributed by atoms with Crippen molar-refractivity contribution in [3.8, 4) is 0 Å². The predicted octanol–water partition coefficient (Wildman–Crippen LogP) is 1.32. The second kappa shape index (κ2) is 6.63.